The highest BCUT2D eigenvalue weighted by Gasteiger charge is 2.13. The summed E-state index contributed by atoms with van der Waals surface area (Å²) >= 11 is 0. The van der Waals surface area contributed by atoms with Crippen molar-refractivity contribution >= 4 is 23.2 Å². The van der Waals surface area contributed by atoms with Gasteiger partial charge in [0.25, 0.3) is 11.8 Å². The van der Waals surface area contributed by atoms with E-state index in [0.29, 0.717) is 29.3 Å². The lowest BCUT2D eigenvalue weighted by molar-refractivity contribution is 0.0994. The first-order valence-corrected chi connectivity index (χ1v) is 9.15. The van der Waals surface area contributed by atoms with Gasteiger partial charge in [-0.15, -0.1) is 0 Å². The summed E-state index contributed by atoms with van der Waals surface area (Å²) in [6.45, 7) is 2.65. The fourth-order valence-electron chi connectivity index (χ4n) is 2.58. The van der Waals surface area contributed by atoms with Gasteiger partial charge in [0.05, 0.1) is 18.4 Å². The molecule has 0 spiro atoms. The monoisotopic (exact) mass is 378 g/mol. The highest BCUT2D eigenvalue weighted by molar-refractivity contribution is 6.07. The number of ether oxygens (including phenoxy) is 1. The van der Waals surface area contributed by atoms with E-state index in [1.807, 2.05) is 6.07 Å². The zero-order chi connectivity index (χ0) is 19.8. The minimum absolute atomic E-state index is 0.215. The van der Waals surface area contributed by atoms with Crippen LogP contribution >= 0.6 is 0 Å². The van der Waals surface area contributed by atoms with Crippen LogP contribution in [0.15, 0.2) is 71.3 Å². The third kappa shape index (κ3) is 5.01. The molecule has 0 aliphatic heterocycles. The second-order valence-electron chi connectivity index (χ2n) is 6.16. The molecule has 3 rings (SSSR count). The van der Waals surface area contributed by atoms with Crippen LogP contribution in [0.4, 0.5) is 11.4 Å². The quantitative estimate of drug-likeness (QED) is 0.543. The smallest absolute Gasteiger partial charge is 0.291 e. The first-order valence-electron chi connectivity index (χ1n) is 9.15. The molecule has 2 N–H and O–H groups in total. The standard InChI is InChI=1S/C22H22N2O4/c1-2-3-13-27-19-11-5-4-10-18(19)21(25)23-16-8-6-9-17(15-16)24-22(26)20-12-7-14-28-20/h4-12,14-15H,2-3,13H2,1H3,(H,23,25)(H,24,26). The molecular weight excluding hydrogens is 356 g/mol. The van der Waals surface area contributed by atoms with Crippen LogP contribution in [-0.2, 0) is 0 Å². The van der Waals surface area contributed by atoms with E-state index in [1.54, 1.807) is 54.6 Å². The Morgan fingerprint density at radius 1 is 0.929 bits per heavy atom. The van der Waals surface area contributed by atoms with Crippen molar-refractivity contribution in [1.82, 2.24) is 0 Å². The van der Waals surface area contributed by atoms with Crippen LogP contribution in [0.5, 0.6) is 5.75 Å². The number of anilines is 2. The number of carbonyl (C=O) groups is 2. The summed E-state index contributed by atoms with van der Waals surface area (Å²) in [4.78, 5) is 24.8. The zero-order valence-corrected chi connectivity index (χ0v) is 15.6. The number of nitrogens with one attached hydrogen (secondary N) is 2. The van der Waals surface area contributed by atoms with E-state index in [-0.39, 0.29) is 17.6 Å². The Balaban J connectivity index is 1.69. The molecule has 0 atom stereocenters. The van der Waals surface area contributed by atoms with Crippen molar-refractivity contribution < 1.29 is 18.7 Å². The summed E-state index contributed by atoms with van der Waals surface area (Å²) in [6.07, 6.45) is 3.38. The van der Waals surface area contributed by atoms with Gasteiger partial charge in [0, 0.05) is 11.4 Å². The van der Waals surface area contributed by atoms with Gasteiger partial charge in [-0.3, -0.25) is 9.59 Å². The lowest BCUT2D eigenvalue weighted by Gasteiger charge is -2.12. The predicted molar refractivity (Wildman–Crippen MR) is 108 cm³/mol. The van der Waals surface area contributed by atoms with Gasteiger partial charge in [-0.2, -0.15) is 0 Å². The van der Waals surface area contributed by atoms with E-state index in [2.05, 4.69) is 17.6 Å². The average Bonchev–Trinajstić information content (AvgIpc) is 3.24. The van der Waals surface area contributed by atoms with Crippen LogP contribution < -0.4 is 15.4 Å². The Bertz CT molecular complexity index is 935. The number of para-hydroxylation sites is 1. The van der Waals surface area contributed by atoms with Gasteiger partial charge in [0.1, 0.15) is 5.75 Å². The third-order valence-electron chi connectivity index (χ3n) is 4.01. The summed E-state index contributed by atoms with van der Waals surface area (Å²) in [5.41, 5.74) is 1.57. The molecule has 3 aromatic rings. The Labute approximate surface area is 163 Å². The molecule has 1 aromatic heterocycles. The maximum atomic E-state index is 12.7. The van der Waals surface area contributed by atoms with Gasteiger partial charge in [-0.05, 0) is 48.9 Å². The molecule has 0 fully saturated rings. The minimum atomic E-state index is -0.358. The van der Waals surface area contributed by atoms with Gasteiger partial charge in [0.15, 0.2) is 5.76 Å². The van der Waals surface area contributed by atoms with E-state index in [1.165, 1.54) is 6.26 Å². The first kappa shape index (κ1) is 19.2. The SMILES string of the molecule is CCCCOc1ccccc1C(=O)Nc1cccc(NC(=O)c2ccco2)c1. The number of benzene rings is 2. The summed E-state index contributed by atoms with van der Waals surface area (Å²) < 4.78 is 10.8. The molecule has 0 unspecified atom stereocenters. The van der Waals surface area contributed by atoms with E-state index in [0.717, 1.165) is 12.8 Å². The topological polar surface area (TPSA) is 80.6 Å². The molecule has 0 bridgehead atoms. The number of furan rings is 1. The summed E-state index contributed by atoms with van der Waals surface area (Å²) in [5, 5.41) is 5.58. The summed E-state index contributed by atoms with van der Waals surface area (Å²) in [6, 6.07) is 17.3. The number of unbranched alkanes of at least 4 members (excludes halogenated alkanes) is 1. The number of carbonyl (C=O) groups excluding carboxylic acids is 2. The van der Waals surface area contributed by atoms with Crippen LogP contribution in [0, 0.1) is 0 Å². The lowest BCUT2D eigenvalue weighted by atomic mass is 10.1. The maximum absolute atomic E-state index is 12.7. The number of amides is 2. The molecule has 144 valence electrons. The van der Waals surface area contributed by atoms with Crippen molar-refractivity contribution in [3.63, 3.8) is 0 Å². The molecule has 2 amide bonds. The molecule has 28 heavy (non-hydrogen) atoms. The van der Waals surface area contributed by atoms with E-state index < -0.39 is 0 Å². The van der Waals surface area contributed by atoms with Crippen molar-refractivity contribution in [3.8, 4) is 5.75 Å². The Hall–Kier alpha value is -3.54. The summed E-state index contributed by atoms with van der Waals surface area (Å²) in [5.74, 6) is 0.132. The van der Waals surface area contributed by atoms with Crippen molar-refractivity contribution in [2.24, 2.45) is 0 Å². The minimum Gasteiger partial charge on any atom is -0.493 e. The van der Waals surface area contributed by atoms with Gasteiger partial charge in [-0.1, -0.05) is 31.5 Å². The van der Waals surface area contributed by atoms with Crippen LogP contribution in [0.2, 0.25) is 0 Å². The number of hydrogen-bond acceptors (Lipinski definition) is 4. The zero-order valence-electron chi connectivity index (χ0n) is 15.6. The molecule has 0 radical (unpaired) electrons. The van der Waals surface area contributed by atoms with Crippen molar-refractivity contribution in [3.05, 3.63) is 78.3 Å². The fourth-order valence-corrected chi connectivity index (χ4v) is 2.58. The molecule has 6 nitrogen and oxygen atoms in total. The number of hydrogen-bond donors (Lipinski definition) is 2. The van der Waals surface area contributed by atoms with E-state index >= 15 is 0 Å². The highest BCUT2D eigenvalue weighted by Crippen LogP contribution is 2.22. The van der Waals surface area contributed by atoms with Crippen LogP contribution in [0.3, 0.4) is 0 Å². The van der Waals surface area contributed by atoms with Crippen LogP contribution in [-0.4, -0.2) is 18.4 Å². The average molecular weight is 378 g/mol. The molecule has 0 aliphatic carbocycles. The molecule has 0 saturated carbocycles. The second kappa shape index (κ2) is 9.41. The summed E-state index contributed by atoms with van der Waals surface area (Å²) in [7, 11) is 0. The van der Waals surface area contributed by atoms with Gasteiger partial charge in [-0.25, -0.2) is 0 Å². The van der Waals surface area contributed by atoms with Crippen molar-refractivity contribution in [2.75, 3.05) is 17.2 Å². The number of rotatable bonds is 8. The lowest BCUT2D eigenvalue weighted by Crippen LogP contribution is -2.15. The molecular formula is C22H22N2O4. The normalized spacial score (nSPS) is 10.3. The molecule has 0 saturated heterocycles. The third-order valence-corrected chi connectivity index (χ3v) is 4.01. The molecule has 6 heteroatoms. The van der Waals surface area contributed by atoms with E-state index in [4.69, 9.17) is 9.15 Å². The van der Waals surface area contributed by atoms with Crippen LogP contribution in [0.25, 0.3) is 0 Å². The fraction of sp³-hybridized carbons (Fsp3) is 0.182. The molecule has 0 aliphatic rings. The Morgan fingerprint density at radius 3 is 2.39 bits per heavy atom. The largest absolute Gasteiger partial charge is 0.493 e. The Morgan fingerprint density at radius 2 is 1.68 bits per heavy atom. The van der Waals surface area contributed by atoms with Gasteiger partial charge >= 0.3 is 0 Å². The van der Waals surface area contributed by atoms with E-state index in [9.17, 15) is 9.59 Å². The Kier molecular flexibility index (Phi) is 6.46. The maximum Gasteiger partial charge on any atom is 0.291 e. The van der Waals surface area contributed by atoms with Crippen LogP contribution in [0.1, 0.15) is 40.7 Å². The van der Waals surface area contributed by atoms with Gasteiger partial charge < -0.3 is 19.8 Å². The van der Waals surface area contributed by atoms with Gasteiger partial charge in [0.2, 0.25) is 0 Å². The first-order chi connectivity index (χ1) is 13.7. The van der Waals surface area contributed by atoms with Crippen molar-refractivity contribution in [1.29, 1.82) is 0 Å². The molecule has 2 aromatic carbocycles. The second-order valence-corrected chi connectivity index (χ2v) is 6.16. The predicted octanol–water partition coefficient (Wildman–Crippen LogP) is 4.96. The highest BCUT2D eigenvalue weighted by atomic mass is 16.5. The molecule has 1 heterocycles. The van der Waals surface area contributed by atoms with Crippen molar-refractivity contribution in [2.45, 2.75) is 19.8 Å².